The number of aromatic amines is 1. The number of halogens is 3. The molecule has 0 bridgehead atoms. The van der Waals surface area contributed by atoms with Gasteiger partial charge in [-0.15, -0.1) is 10.2 Å². The maximum Gasteiger partial charge on any atom is 0.490 e. The molecule has 0 aliphatic rings. The predicted molar refractivity (Wildman–Crippen MR) is 130 cm³/mol. The average molecular weight is 530 g/mol. The molecule has 37 heavy (non-hydrogen) atoms. The summed E-state index contributed by atoms with van der Waals surface area (Å²) in [4.78, 5) is 21.2. The second-order valence-electron chi connectivity index (χ2n) is 7.42. The number of anilines is 3. The number of aryl methyl sites for hydroxylation is 1. The van der Waals surface area contributed by atoms with Crippen molar-refractivity contribution < 1.29 is 27.9 Å². The van der Waals surface area contributed by atoms with Gasteiger partial charge in [-0.1, -0.05) is 23.5 Å². The zero-order valence-corrected chi connectivity index (χ0v) is 19.6. The van der Waals surface area contributed by atoms with Crippen LogP contribution in [0.15, 0.2) is 60.9 Å². The van der Waals surface area contributed by atoms with Crippen molar-refractivity contribution >= 4 is 50.6 Å². The van der Waals surface area contributed by atoms with Crippen LogP contribution in [0.3, 0.4) is 0 Å². The lowest BCUT2D eigenvalue weighted by Gasteiger charge is -2.04. The Balaban J connectivity index is 0.000000405. The summed E-state index contributed by atoms with van der Waals surface area (Å²) in [7, 11) is 1.77. The first-order valence-corrected chi connectivity index (χ1v) is 11.2. The number of H-pyrrole nitrogens is 1. The van der Waals surface area contributed by atoms with Gasteiger partial charge >= 0.3 is 12.1 Å². The van der Waals surface area contributed by atoms with E-state index in [1.807, 2.05) is 42.5 Å². The Kier molecular flexibility index (Phi) is 7.15. The fourth-order valence-electron chi connectivity index (χ4n) is 3.00. The third-order valence-corrected chi connectivity index (χ3v) is 5.56. The van der Waals surface area contributed by atoms with Crippen molar-refractivity contribution in [1.29, 1.82) is 0 Å². The number of aromatic nitrogens is 6. The number of aliphatic carboxylic acids is 1. The van der Waals surface area contributed by atoms with E-state index in [0.717, 1.165) is 27.2 Å². The van der Waals surface area contributed by atoms with Crippen molar-refractivity contribution in [3.63, 3.8) is 0 Å². The molecule has 3 heterocycles. The van der Waals surface area contributed by atoms with Gasteiger partial charge in [-0.05, 0) is 36.4 Å². The summed E-state index contributed by atoms with van der Waals surface area (Å²) < 4.78 is 33.3. The summed E-state index contributed by atoms with van der Waals surface area (Å²) in [6.45, 7) is 0. The van der Waals surface area contributed by atoms with Gasteiger partial charge in [0.2, 0.25) is 5.13 Å². The van der Waals surface area contributed by atoms with Crippen LogP contribution < -0.4 is 10.6 Å². The molecule has 0 spiro atoms. The van der Waals surface area contributed by atoms with Crippen molar-refractivity contribution in [2.45, 2.75) is 6.18 Å². The molecule has 1 amide bonds. The van der Waals surface area contributed by atoms with E-state index >= 15 is 0 Å². The Hall–Kier alpha value is -4.79. The van der Waals surface area contributed by atoms with Crippen molar-refractivity contribution in [3.8, 4) is 10.6 Å². The Morgan fingerprint density at radius 2 is 1.86 bits per heavy atom. The lowest BCUT2D eigenvalue weighted by atomic mass is 10.2. The van der Waals surface area contributed by atoms with Crippen LogP contribution in [0.1, 0.15) is 10.5 Å². The molecule has 0 aliphatic heterocycles. The number of carboxylic acid groups (broad SMARTS) is 1. The quantitative estimate of drug-likeness (QED) is 0.260. The van der Waals surface area contributed by atoms with Crippen LogP contribution in [0.4, 0.5) is 29.7 Å². The predicted octanol–water partition coefficient (Wildman–Crippen LogP) is 4.44. The van der Waals surface area contributed by atoms with E-state index < -0.39 is 12.1 Å². The zero-order valence-electron chi connectivity index (χ0n) is 18.8. The maximum absolute atomic E-state index is 12.3. The lowest BCUT2D eigenvalue weighted by molar-refractivity contribution is -0.192. The fourth-order valence-corrected chi connectivity index (χ4v) is 3.76. The van der Waals surface area contributed by atoms with E-state index in [1.165, 1.54) is 11.3 Å². The normalized spacial score (nSPS) is 11.0. The van der Waals surface area contributed by atoms with Gasteiger partial charge in [0.05, 0.1) is 11.7 Å². The molecule has 3 aromatic heterocycles. The molecule has 0 radical (unpaired) electrons. The molecule has 5 aromatic rings. The van der Waals surface area contributed by atoms with Crippen LogP contribution in [0, 0.1) is 0 Å². The number of hydrogen-bond donors (Lipinski definition) is 4. The Labute approximate surface area is 210 Å². The Bertz CT molecular complexity index is 1560. The highest BCUT2D eigenvalue weighted by Gasteiger charge is 2.38. The van der Waals surface area contributed by atoms with E-state index in [4.69, 9.17) is 9.90 Å². The zero-order chi connectivity index (χ0) is 26.6. The highest BCUT2D eigenvalue weighted by molar-refractivity contribution is 7.18. The van der Waals surface area contributed by atoms with Gasteiger partial charge in [-0.3, -0.25) is 14.6 Å². The smallest absolute Gasteiger partial charge is 0.475 e. The molecular formula is C22H17F3N8O3S. The molecule has 11 nitrogen and oxygen atoms in total. The number of carboxylic acids is 1. The van der Waals surface area contributed by atoms with Gasteiger partial charge in [0.1, 0.15) is 5.01 Å². The van der Waals surface area contributed by atoms with Gasteiger partial charge in [-0.2, -0.15) is 23.4 Å². The summed E-state index contributed by atoms with van der Waals surface area (Å²) in [5.41, 5.74) is 3.77. The SMILES string of the molecule is Cn1ccc(C(=O)Nc2cccc(-c3nnc(Nc4ccc5[nH]ncc5c4)s3)c2)n1.O=C(O)C(F)(F)F. The van der Waals surface area contributed by atoms with Crippen LogP contribution >= 0.6 is 11.3 Å². The van der Waals surface area contributed by atoms with Crippen LogP contribution in [-0.2, 0) is 11.8 Å². The number of nitrogens with one attached hydrogen (secondary N) is 3. The first-order valence-electron chi connectivity index (χ1n) is 10.3. The summed E-state index contributed by atoms with van der Waals surface area (Å²) in [6.07, 6.45) is -1.58. The van der Waals surface area contributed by atoms with E-state index in [0.29, 0.717) is 16.5 Å². The van der Waals surface area contributed by atoms with Gasteiger partial charge < -0.3 is 15.7 Å². The highest BCUT2D eigenvalue weighted by atomic mass is 32.1. The number of benzene rings is 2. The third kappa shape index (κ3) is 6.46. The number of amides is 1. The average Bonchev–Trinajstić information content (AvgIpc) is 3.60. The van der Waals surface area contributed by atoms with E-state index in [9.17, 15) is 18.0 Å². The molecule has 0 unspecified atom stereocenters. The molecule has 0 aliphatic carbocycles. The van der Waals surface area contributed by atoms with Gasteiger partial charge in [-0.25, -0.2) is 4.79 Å². The molecular weight excluding hydrogens is 513 g/mol. The molecule has 0 saturated heterocycles. The van der Waals surface area contributed by atoms with Crippen molar-refractivity contribution in [2.75, 3.05) is 10.6 Å². The molecule has 2 aromatic carbocycles. The molecule has 5 rings (SSSR count). The maximum atomic E-state index is 12.3. The molecule has 0 fully saturated rings. The monoisotopic (exact) mass is 530 g/mol. The molecule has 4 N–H and O–H groups in total. The second kappa shape index (κ2) is 10.4. The van der Waals surface area contributed by atoms with Crippen molar-refractivity contribution in [3.05, 3.63) is 66.6 Å². The second-order valence-corrected chi connectivity index (χ2v) is 8.40. The minimum atomic E-state index is -5.08. The number of carbonyl (C=O) groups excluding carboxylic acids is 1. The highest BCUT2D eigenvalue weighted by Crippen LogP contribution is 2.30. The third-order valence-electron chi connectivity index (χ3n) is 4.67. The van der Waals surface area contributed by atoms with E-state index in [-0.39, 0.29) is 5.91 Å². The number of alkyl halides is 3. The molecule has 190 valence electrons. The van der Waals surface area contributed by atoms with Crippen molar-refractivity contribution in [1.82, 2.24) is 30.2 Å². The summed E-state index contributed by atoms with van der Waals surface area (Å²) in [5, 5.41) is 35.3. The van der Waals surface area contributed by atoms with E-state index in [1.54, 1.807) is 30.2 Å². The number of hydrogen-bond acceptors (Lipinski definition) is 8. The van der Waals surface area contributed by atoms with Crippen LogP contribution in [0.5, 0.6) is 0 Å². The first kappa shape index (κ1) is 25.3. The summed E-state index contributed by atoms with van der Waals surface area (Å²) >= 11 is 1.43. The topological polar surface area (TPSA) is 151 Å². The van der Waals surface area contributed by atoms with Gasteiger partial charge in [0, 0.05) is 35.6 Å². The van der Waals surface area contributed by atoms with E-state index in [2.05, 4.69) is 36.1 Å². The van der Waals surface area contributed by atoms with Crippen LogP contribution in [0.25, 0.3) is 21.5 Å². The summed E-state index contributed by atoms with van der Waals surface area (Å²) in [6, 6.07) is 15.1. The van der Waals surface area contributed by atoms with Crippen LogP contribution in [0.2, 0.25) is 0 Å². The molecule has 0 atom stereocenters. The molecule has 15 heteroatoms. The minimum absolute atomic E-state index is 0.262. The minimum Gasteiger partial charge on any atom is -0.475 e. The molecule has 0 saturated carbocycles. The van der Waals surface area contributed by atoms with Crippen LogP contribution in [-0.4, -0.2) is 53.3 Å². The number of fused-ring (bicyclic) bond motifs is 1. The van der Waals surface area contributed by atoms with Gasteiger partial charge in [0.15, 0.2) is 5.69 Å². The Morgan fingerprint density at radius 1 is 1.08 bits per heavy atom. The summed E-state index contributed by atoms with van der Waals surface area (Å²) in [5.74, 6) is -3.02. The number of carbonyl (C=O) groups is 2. The Morgan fingerprint density at radius 3 is 2.57 bits per heavy atom. The largest absolute Gasteiger partial charge is 0.490 e. The fraction of sp³-hybridized carbons (Fsp3) is 0.0909. The number of nitrogens with zero attached hydrogens (tertiary/aromatic N) is 5. The van der Waals surface area contributed by atoms with Crippen molar-refractivity contribution in [2.24, 2.45) is 7.05 Å². The lowest BCUT2D eigenvalue weighted by Crippen LogP contribution is -2.21. The number of rotatable bonds is 5. The van der Waals surface area contributed by atoms with Gasteiger partial charge in [0.25, 0.3) is 5.91 Å². The first-order chi connectivity index (χ1) is 17.6. The standard InChI is InChI=1S/C20H16N8OS.C2HF3O2/c1-28-8-7-17(27-28)18(29)22-14-4-2-3-12(9-14)19-25-26-20(30-19)23-15-5-6-16-13(10-15)11-21-24-16;3-2(4,5)1(6)7/h2-11H,1H3,(H,21,24)(H,22,29)(H,23,26);(H,6,7).